The highest BCUT2D eigenvalue weighted by molar-refractivity contribution is 5.93. The van der Waals surface area contributed by atoms with E-state index in [1.54, 1.807) is 13.0 Å². The number of aliphatic hydroxyl groups is 1. The number of benzene rings is 1. The molecule has 2 fully saturated rings. The smallest absolute Gasteiger partial charge is 0.270 e. The molecule has 1 aromatic heterocycles. The molecule has 186 valence electrons. The predicted octanol–water partition coefficient (Wildman–Crippen LogP) is 1.58. The van der Waals surface area contributed by atoms with Gasteiger partial charge in [0.25, 0.3) is 5.91 Å². The fourth-order valence-electron chi connectivity index (χ4n) is 5.67. The van der Waals surface area contributed by atoms with Gasteiger partial charge in [-0.05, 0) is 43.2 Å². The average molecular weight is 479 g/mol. The van der Waals surface area contributed by atoms with Crippen LogP contribution in [0.3, 0.4) is 0 Å². The number of hydrogen-bond acceptors (Lipinski definition) is 7. The normalized spacial score (nSPS) is 25.2. The highest BCUT2D eigenvalue weighted by Gasteiger charge is 2.38. The number of amides is 2. The molecule has 3 aliphatic rings. The first-order valence-electron chi connectivity index (χ1n) is 12.6. The first-order chi connectivity index (χ1) is 17.0. The van der Waals surface area contributed by atoms with Crippen LogP contribution < -0.4 is 10.6 Å². The third-order valence-electron chi connectivity index (χ3n) is 7.65. The number of nitrogens with one attached hydrogen (secondary N) is 2. The summed E-state index contributed by atoms with van der Waals surface area (Å²) in [5.74, 6) is 0.472. The topological polar surface area (TPSA) is 111 Å². The van der Waals surface area contributed by atoms with Gasteiger partial charge in [-0.1, -0.05) is 24.3 Å². The van der Waals surface area contributed by atoms with Crippen molar-refractivity contribution in [2.75, 3.05) is 25.0 Å². The molecule has 0 radical (unpaired) electrons. The third-order valence-corrected chi connectivity index (χ3v) is 7.65. The van der Waals surface area contributed by atoms with Crippen LogP contribution in [0.25, 0.3) is 0 Å². The first-order valence-corrected chi connectivity index (χ1v) is 12.6. The van der Waals surface area contributed by atoms with E-state index in [1.807, 2.05) is 4.90 Å². The number of nitrogens with zero attached hydrogens (tertiary/aromatic N) is 4. The third kappa shape index (κ3) is 5.46. The molecule has 2 aliphatic heterocycles. The summed E-state index contributed by atoms with van der Waals surface area (Å²) in [6.45, 7) is 4.80. The van der Waals surface area contributed by atoms with Gasteiger partial charge in [-0.3, -0.25) is 14.5 Å². The van der Waals surface area contributed by atoms with Crippen molar-refractivity contribution in [3.8, 4) is 0 Å². The fourth-order valence-corrected chi connectivity index (χ4v) is 5.67. The van der Waals surface area contributed by atoms with E-state index in [9.17, 15) is 14.7 Å². The molecule has 3 atom stereocenters. The van der Waals surface area contributed by atoms with Crippen molar-refractivity contribution in [1.29, 1.82) is 0 Å². The van der Waals surface area contributed by atoms with E-state index in [-0.39, 0.29) is 29.9 Å². The summed E-state index contributed by atoms with van der Waals surface area (Å²) in [5, 5.41) is 17.2. The number of carbonyl (C=O) groups excluding carboxylic acids is 2. The summed E-state index contributed by atoms with van der Waals surface area (Å²) in [6.07, 6.45) is 4.87. The van der Waals surface area contributed by atoms with E-state index >= 15 is 0 Å². The lowest BCUT2D eigenvalue weighted by Gasteiger charge is -2.35. The summed E-state index contributed by atoms with van der Waals surface area (Å²) in [6, 6.07) is 10.3. The Kier molecular flexibility index (Phi) is 6.97. The summed E-state index contributed by atoms with van der Waals surface area (Å²) in [7, 11) is 0. The van der Waals surface area contributed by atoms with Gasteiger partial charge in [0.1, 0.15) is 17.8 Å². The molecule has 1 saturated carbocycles. The van der Waals surface area contributed by atoms with Crippen molar-refractivity contribution in [1.82, 2.24) is 25.1 Å². The number of likely N-dealkylation sites (tertiary alicyclic amines) is 1. The number of anilines is 1. The first kappa shape index (κ1) is 23.7. The molecule has 2 aromatic rings. The molecule has 1 unspecified atom stereocenters. The van der Waals surface area contributed by atoms with Gasteiger partial charge in [-0.2, -0.15) is 0 Å². The second-order valence-corrected chi connectivity index (χ2v) is 9.98. The van der Waals surface area contributed by atoms with Crippen LogP contribution in [0.15, 0.2) is 36.7 Å². The second-order valence-electron chi connectivity index (χ2n) is 9.98. The Morgan fingerprint density at radius 1 is 1.03 bits per heavy atom. The monoisotopic (exact) mass is 478 g/mol. The van der Waals surface area contributed by atoms with Gasteiger partial charge >= 0.3 is 0 Å². The van der Waals surface area contributed by atoms with Crippen LogP contribution in [0.2, 0.25) is 0 Å². The maximum absolute atomic E-state index is 12.9. The highest BCUT2D eigenvalue weighted by Crippen LogP contribution is 2.29. The number of aromatic nitrogens is 2. The van der Waals surface area contributed by atoms with Crippen molar-refractivity contribution in [3.63, 3.8) is 0 Å². The molecule has 2 amide bonds. The minimum absolute atomic E-state index is 0.0390. The number of carbonyl (C=O) groups is 2. The number of rotatable bonds is 5. The molecule has 3 N–H and O–H groups in total. The average Bonchev–Trinajstić information content (AvgIpc) is 3.24. The predicted molar refractivity (Wildman–Crippen MR) is 132 cm³/mol. The molecule has 0 spiro atoms. The number of aliphatic hydroxyl groups excluding tert-OH is 1. The number of fused-ring (bicyclic) bond motifs is 1. The second kappa shape index (κ2) is 10.3. The molecular formula is C26H34N6O3. The van der Waals surface area contributed by atoms with E-state index in [4.69, 9.17) is 0 Å². The standard InChI is InChI=1S/C26H34N6O3/c1-17(33)31-10-7-20(8-11-31)29-25-14-22(27-16-28-25)26(35)30-21-12-23(24(34)13-21)32-9-6-18-4-2-3-5-19(18)15-32/h2-5,14,16,20-21,23-24,34H,6-13,15H2,1H3,(H,30,35)(H,27,28,29)/t21-,23?,24+/m1/s1. The van der Waals surface area contributed by atoms with E-state index in [0.29, 0.717) is 17.9 Å². The molecule has 1 aromatic carbocycles. The van der Waals surface area contributed by atoms with Crippen molar-refractivity contribution < 1.29 is 14.7 Å². The number of piperidine rings is 1. The maximum atomic E-state index is 12.9. The Balaban J connectivity index is 1.15. The molecule has 1 saturated heterocycles. The summed E-state index contributed by atoms with van der Waals surface area (Å²) in [5.41, 5.74) is 3.03. The maximum Gasteiger partial charge on any atom is 0.270 e. The van der Waals surface area contributed by atoms with E-state index < -0.39 is 6.10 Å². The van der Waals surface area contributed by atoms with Crippen LogP contribution in [-0.4, -0.2) is 80.6 Å². The zero-order valence-corrected chi connectivity index (χ0v) is 20.2. The Labute approximate surface area is 205 Å². The minimum atomic E-state index is -0.464. The minimum Gasteiger partial charge on any atom is -0.391 e. The highest BCUT2D eigenvalue weighted by atomic mass is 16.3. The Bertz CT molecular complexity index is 1070. The van der Waals surface area contributed by atoms with Gasteiger partial charge in [-0.25, -0.2) is 9.97 Å². The van der Waals surface area contributed by atoms with Crippen molar-refractivity contribution in [2.24, 2.45) is 0 Å². The summed E-state index contributed by atoms with van der Waals surface area (Å²) < 4.78 is 0. The van der Waals surface area contributed by atoms with Gasteiger partial charge in [0.05, 0.1) is 6.10 Å². The molecule has 0 bridgehead atoms. The quantitative estimate of drug-likeness (QED) is 0.598. The van der Waals surface area contributed by atoms with Crippen LogP contribution in [0.5, 0.6) is 0 Å². The molecule has 1 aliphatic carbocycles. The molecule has 9 nitrogen and oxygen atoms in total. The van der Waals surface area contributed by atoms with Gasteiger partial charge in [-0.15, -0.1) is 0 Å². The summed E-state index contributed by atoms with van der Waals surface area (Å²) in [4.78, 5) is 37.1. The number of hydrogen-bond donors (Lipinski definition) is 3. The van der Waals surface area contributed by atoms with Crippen LogP contribution >= 0.6 is 0 Å². The van der Waals surface area contributed by atoms with Crippen molar-refractivity contribution in [3.05, 3.63) is 53.5 Å². The summed E-state index contributed by atoms with van der Waals surface area (Å²) >= 11 is 0. The van der Waals surface area contributed by atoms with Crippen molar-refractivity contribution in [2.45, 2.75) is 69.8 Å². The zero-order valence-electron chi connectivity index (χ0n) is 20.2. The van der Waals surface area contributed by atoms with Crippen LogP contribution in [-0.2, 0) is 17.8 Å². The van der Waals surface area contributed by atoms with Crippen LogP contribution in [0.4, 0.5) is 5.82 Å². The van der Waals surface area contributed by atoms with Crippen LogP contribution in [0, 0.1) is 0 Å². The van der Waals surface area contributed by atoms with Gasteiger partial charge in [0.2, 0.25) is 5.91 Å². The largest absolute Gasteiger partial charge is 0.391 e. The lowest BCUT2D eigenvalue weighted by Crippen LogP contribution is -2.43. The molecule has 5 rings (SSSR count). The lowest BCUT2D eigenvalue weighted by molar-refractivity contribution is -0.129. The zero-order chi connectivity index (χ0) is 24.4. The van der Waals surface area contributed by atoms with E-state index in [1.165, 1.54) is 17.5 Å². The van der Waals surface area contributed by atoms with Gasteiger partial charge in [0.15, 0.2) is 0 Å². The fraction of sp³-hybridized carbons (Fsp3) is 0.538. The molecule has 35 heavy (non-hydrogen) atoms. The SMILES string of the molecule is CC(=O)N1CCC(Nc2cc(C(=O)N[C@@H]3CC(N4CCc5ccccc5C4)[C@@H](O)C3)ncn2)CC1. The molecule has 3 heterocycles. The van der Waals surface area contributed by atoms with E-state index in [2.05, 4.69) is 49.8 Å². The molecule has 9 heteroatoms. The Hall–Kier alpha value is -3.04. The van der Waals surface area contributed by atoms with Gasteiger partial charge < -0.3 is 20.6 Å². The molecular weight excluding hydrogens is 444 g/mol. The van der Waals surface area contributed by atoms with Crippen molar-refractivity contribution >= 4 is 17.6 Å². The van der Waals surface area contributed by atoms with Crippen LogP contribution in [0.1, 0.15) is 54.2 Å². The van der Waals surface area contributed by atoms with E-state index in [0.717, 1.165) is 51.9 Å². The van der Waals surface area contributed by atoms with Gasteiger partial charge in [0, 0.05) is 57.3 Å². The lowest BCUT2D eigenvalue weighted by atomic mass is 9.98. The Morgan fingerprint density at radius 3 is 2.57 bits per heavy atom. The Morgan fingerprint density at radius 2 is 1.80 bits per heavy atom.